The Kier molecular flexibility index (Phi) is 5.71. The zero-order valence-corrected chi connectivity index (χ0v) is 16.3. The SMILES string of the molecule is CN(Cc1ccco1)C(=O)c1ccc(Cl)c(NS(=O)(=O)c2ccc(F)cc2)c1. The van der Waals surface area contributed by atoms with Crippen molar-refractivity contribution in [3.8, 4) is 0 Å². The Labute approximate surface area is 166 Å². The predicted octanol–water partition coefficient (Wildman–Crippen LogP) is 4.15. The van der Waals surface area contributed by atoms with Crippen molar-refractivity contribution in [3.63, 3.8) is 0 Å². The number of carbonyl (C=O) groups excluding carboxylic acids is 1. The van der Waals surface area contributed by atoms with Crippen molar-refractivity contribution >= 4 is 33.2 Å². The number of halogens is 2. The molecule has 1 N–H and O–H groups in total. The van der Waals surface area contributed by atoms with Crippen LogP contribution >= 0.6 is 11.6 Å². The number of sulfonamides is 1. The number of nitrogens with zero attached hydrogens (tertiary/aromatic N) is 1. The number of furan rings is 1. The number of rotatable bonds is 6. The second-order valence-corrected chi connectivity index (χ2v) is 8.08. The van der Waals surface area contributed by atoms with E-state index in [1.54, 1.807) is 19.2 Å². The molecule has 3 aromatic rings. The summed E-state index contributed by atoms with van der Waals surface area (Å²) in [5.41, 5.74) is 0.290. The lowest BCUT2D eigenvalue weighted by Crippen LogP contribution is -2.26. The number of nitrogens with one attached hydrogen (secondary N) is 1. The Morgan fingerprint density at radius 3 is 2.54 bits per heavy atom. The van der Waals surface area contributed by atoms with Crippen molar-refractivity contribution in [2.45, 2.75) is 11.4 Å². The van der Waals surface area contributed by atoms with Gasteiger partial charge >= 0.3 is 0 Å². The number of carbonyl (C=O) groups is 1. The van der Waals surface area contributed by atoms with Crippen LogP contribution in [0.2, 0.25) is 5.02 Å². The second kappa shape index (κ2) is 8.04. The molecular formula is C19H16ClFN2O4S. The van der Waals surface area contributed by atoms with Crippen molar-refractivity contribution in [3.05, 3.63) is 83.0 Å². The molecule has 1 amide bonds. The topological polar surface area (TPSA) is 79.6 Å². The van der Waals surface area contributed by atoms with E-state index in [0.29, 0.717) is 5.76 Å². The van der Waals surface area contributed by atoms with Gasteiger partial charge in [0.2, 0.25) is 0 Å². The normalized spacial score (nSPS) is 11.2. The van der Waals surface area contributed by atoms with Crippen LogP contribution in [-0.4, -0.2) is 26.3 Å². The summed E-state index contributed by atoms with van der Waals surface area (Å²) in [4.78, 5) is 13.9. The zero-order chi connectivity index (χ0) is 20.3. The van der Waals surface area contributed by atoms with Gasteiger partial charge in [-0.25, -0.2) is 12.8 Å². The van der Waals surface area contributed by atoms with E-state index in [9.17, 15) is 17.6 Å². The third-order valence-electron chi connectivity index (χ3n) is 3.90. The molecule has 0 atom stereocenters. The molecule has 28 heavy (non-hydrogen) atoms. The van der Waals surface area contributed by atoms with Crippen LogP contribution in [0.5, 0.6) is 0 Å². The molecule has 2 aromatic carbocycles. The fraction of sp³-hybridized carbons (Fsp3) is 0.105. The van der Waals surface area contributed by atoms with Gasteiger partial charge < -0.3 is 9.32 Å². The molecule has 1 aromatic heterocycles. The third-order valence-corrected chi connectivity index (χ3v) is 5.61. The molecule has 0 fully saturated rings. The number of anilines is 1. The molecule has 0 aliphatic carbocycles. The third kappa shape index (κ3) is 4.52. The molecule has 0 saturated heterocycles. The van der Waals surface area contributed by atoms with Crippen LogP contribution in [-0.2, 0) is 16.6 Å². The molecule has 9 heteroatoms. The molecule has 6 nitrogen and oxygen atoms in total. The minimum atomic E-state index is -4.00. The highest BCUT2D eigenvalue weighted by atomic mass is 35.5. The van der Waals surface area contributed by atoms with E-state index >= 15 is 0 Å². The Morgan fingerprint density at radius 2 is 1.89 bits per heavy atom. The summed E-state index contributed by atoms with van der Waals surface area (Å²) >= 11 is 6.09. The summed E-state index contributed by atoms with van der Waals surface area (Å²) in [5.74, 6) is -0.276. The first-order chi connectivity index (χ1) is 13.3. The van der Waals surface area contributed by atoms with Gasteiger partial charge in [-0.1, -0.05) is 11.6 Å². The van der Waals surface area contributed by atoms with Crippen LogP contribution in [0.1, 0.15) is 16.1 Å². The highest BCUT2D eigenvalue weighted by Gasteiger charge is 2.19. The van der Waals surface area contributed by atoms with Gasteiger partial charge in [-0.3, -0.25) is 9.52 Å². The van der Waals surface area contributed by atoms with Gasteiger partial charge in [-0.15, -0.1) is 0 Å². The van der Waals surface area contributed by atoms with Crippen molar-refractivity contribution in [1.82, 2.24) is 4.90 Å². The van der Waals surface area contributed by atoms with Crippen LogP contribution in [0.15, 0.2) is 70.2 Å². The predicted molar refractivity (Wildman–Crippen MR) is 103 cm³/mol. The van der Waals surface area contributed by atoms with Crippen molar-refractivity contribution in [2.75, 3.05) is 11.8 Å². The second-order valence-electron chi connectivity index (χ2n) is 5.99. The maximum Gasteiger partial charge on any atom is 0.261 e. The fourth-order valence-corrected chi connectivity index (χ4v) is 3.77. The minimum absolute atomic E-state index is 0.0447. The molecule has 0 bridgehead atoms. The van der Waals surface area contributed by atoms with Crippen molar-refractivity contribution in [2.24, 2.45) is 0 Å². The van der Waals surface area contributed by atoms with Crippen LogP contribution in [0.4, 0.5) is 10.1 Å². The summed E-state index contributed by atoms with van der Waals surface area (Å²) < 4.78 is 45.6. The van der Waals surface area contributed by atoms with E-state index in [0.717, 1.165) is 24.3 Å². The summed E-state index contributed by atoms with van der Waals surface area (Å²) in [5, 5.41) is 0.121. The molecule has 0 unspecified atom stereocenters. The molecule has 1 heterocycles. The quantitative estimate of drug-likeness (QED) is 0.647. The number of hydrogen-bond donors (Lipinski definition) is 1. The Morgan fingerprint density at radius 1 is 1.18 bits per heavy atom. The zero-order valence-electron chi connectivity index (χ0n) is 14.7. The van der Waals surface area contributed by atoms with Gasteiger partial charge in [0.1, 0.15) is 11.6 Å². The molecule has 0 aliphatic heterocycles. The van der Waals surface area contributed by atoms with Gasteiger partial charge in [-0.2, -0.15) is 0 Å². The Bertz CT molecular complexity index is 1080. The number of hydrogen-bond acceptors (Lipinski definition) is 4. The van der Waals surface area contributed by atoms with Gasteiger partial charge in [0, 0.05) is 12.6 Å². The van der Waals surface area contributed by atoms with Crippen LogP contribution in [0, 0.1) is 5.82 Å². The molecule has 0 radical (unpaired) electrons. The maximum absolute atomic E-state index is 13.0. The smallest absolute Gasteiger partial charge is 0.261 e. The molecule has 0 aliphatic rings. The van der Waals surface area contributed by atoms with Gasteiger partial charge in [0.25, 0.3) is 15.9 Å². The maximum atomic E-state index is 13.0. The molecule has 146 valence electrons. The van der Waals surface area contributed by atoms with E-state index in [2.05, 4.69) is 4.72 Å². The van der Waals surface area contributed by atoms with E-state index in [-0.39, 0.29) is 33.6 Å². The van der Waals surface area contributed by atoms with E-state index in [4.69, 9.17) is 16.0 Å². The number of benzene rings is 2. The molecular weight excluding hydrogens is 407 g/mol. The average molecular weight is 423 g/mol. The monoisotopic (exact) mass is 422 g/mol. The lowest BCUT2D eigenvalue weighted by atomic mass is 10.2. The van der Waals surface area contributed by atoms with E-state index in [1.807, 2.05) is 0 Å². The van der Waals surface area contributed by atoms with Gasteiger partial charge in [0.15, 0.2) is 0 Å². The van der Waals surface area contributed by atoms with E-state index < -0.39 is 15.8 Å². The first-order valence-corrected chi connectivity index (χ1v) is 9.98. The van der Waals surface area contributed by atoms with Gasteiger partial charge in [0.05, 0.1) is 28.4 Å². The lowest BCUT2D eigenvalue weighted by molar-refractivity contribution is 0.0775. The van der Waals surface area contributed by atoms with Crippen LogP contribution in [0.25, 0.3) is 0 Å². The number of amides is 1. The Hall–Kier alpha value is -2.84. The van der Waals surface area contributed by atoms with Crippen molar-refractivity contribution < 1.29 is 22.0 Å². The molecule has 0 spiro atoms. The summed E-state index contributed by atoms with van der Waals surface area (Å²) in [7, 11) is -2.40. The first-order valence-electron chi connectivity index (χ1n) is 8.12. The van der Waals surface area contributed by atoms with Crippen molar-refractivity contribution in [1.29, 1.82) is 0 Å². The standard InChI is InChI=1S/C19H16ClFN2O4S/c1-23(12-15-3-2-10-27-15)19(24)13-4-9-17(20)18(11-13)22-28(25,26)16-7-5-14(21)6-8-16/h2-11,22H,12H2,1H3. The lowest BCUT2D eigenvalue weighted by Gasteiger charge is -2.17. The van der Waals surface area contributed by atoms with Gasteiger partial charge in [-0.05, 0) is 54.6 Å². The van der Waals surface area contributed by atoms with Crippen LogP contribution in [0.3, 0.4) is 0 Å². The van der Waals surface area contributed by atoms with Crippen LogP contribution < -0.4 is 4.72 Å². The summed E-state index contributed by atoms with van der Waals surface area (Å²) in [6, 6.07) is 12.1. The fourth-order valence-electron chi connectivity index (χ4n) is 2.48. The molecule has 0 saturated carbocycles. The summed E-state index contributed by atoms with van der Waals surface area (Å²) in [6.07, 6.45) is 1.51. The highest BCUT2D eigenvalue weighted by molar-refractivity contribution is 7.92. The Balaban J connectivity index is 1.83. The minimum Gasteiger partial charge on any atom is -0.467 e. The largest absolute Gasteiger partial charge is 0.467 e. The van der Waals surface area contributed by atoms with E-state index in [1.165, 1.54) is 29.4 Å². The average Bonchev–Trinajstić information content (AvgIpc) is 3.16. The summed E-state index contributed by atoms with van der Waals surface area (Å²) in [6.45, 7) is 0.255. The molecule has 3 rings (SSSR count). The first kappa shape index (κ1) is 19.9. The highest BCUT2D eigenvalue weighted by Crippen LogP contribution is 2.26.